The second kappa shape index (κ2) is 4.55. The third kappa shape index (κ3) is 2.55. The van der Waals surface area contributed by atoms with E-state index in [9.17, 15) is 4.79 Å². The van der Waals surface area contributed by atoms with Crippen LogP contribution in [0.25, 0.3) is 0 Å². The Morgan fingerprint density at radius 1 is 1.67 bits per heavy atom. The maximum atomic E-state index is 11.1. The van der Waals surface area contributed by atoms with Crippen molar-refractivity contribution in [3.05, 3.63) is 12.3 Å². The second-order valence-corrected chi connectivity index (χ2v) is 4.19. The van der Waals surface area contributed by atoms with Gasteiger partial charge in [0.2, 0.25) is 5.91 Å². The Morgan fingerprint density at radius 3 is 2.92 bits per heavy atom. The number of carbonyl (C=O) groups is 1. The van der Waals surface area contributed by atoms with E-state index < -0.39 is 0 Å². The van der Waals surface area contributed by atoms with Crippen molar-refractivity contribution in [1.82, 2.24) is 4.90 Å². The van der Waals surface area contributed by atoms with Crippen molar-refractivity contribution < 1.29 is 4.79 Å². The maximum Gasteiger partial charge on any atom is 0.226 e. The van der Waals surface area contributed by atoms with Crippen LogP contribution in [0.15, 0.2) is 12.3 Å². The van der Waals surface area contributed by atoms with Crippen molar-refractivity contribution in [2.45, 2.75) is 25.0 Å². The summed E-state index contributed by atoms with van der Waals surface area (Å²) in [5.74, 6) is 0.263. The molecule has 0 aliphatic carbocycles. The summed E-state index contributed by atoms with van der Waals surface area (Å²) >= 11 is 1.78. The van der Waals surface area contributed by atoms with Gasteiger partial charge in [-0.05, 0) is 19.6 Å². The fourth-order valence-electron chi connectivity index (χ4n) is 1.13. The zero-order chi connectivity index (χ0) is 8.97. The van der Waals surface area contributed by atoms with E-state index in [1.165, 1.54) is 0 Å². The van der Waals surface area contributed by atoms with Gasteiger partial charge in [-0.2, -0.15) is 11.8 Å². The molecule has 1 heterocycles. The molecule has 0 aromatic rings. The van der Waals surface area contributed by atoms with Crippen LogP contribution >= 0.6 is 11.8 Å². The molecule has 0 spiro atoms. The van der Waals surface area contributed by atoms with Crippen LogP contribution in [0.3, 0.4) is 0 Å². The summed E-state index contributed by atoms with van der Waals surface area (Å²) in [7, 11) is 0. The second-order valence-electron chi connectivity index (χ2n) is 2.97. The molecule has 1 amide bonds. The number of hydrogen-bond acceptors (Lipinski definition) is 2. The zero-order valence-corrected chi connectivity index (χ0v) is 8.43. The predicted octanol–water partition coefficient (Wildman–Crippen LogP) is 1.87. The summed E-state index contributed by atoms with van der Waals surface area (Å²) in [5, 5.41) is 0.499. The lowest BCUT2D eigenvalue weighted by atomic mass is 10.4. The monoisotopic (exact) mass is 185 g/mol. The topological polar surface area (TPSA) is 20.3 Å². The number of carbonyl (C=O) groups excluding carboxylic acids is 1. The number of thioether (sulfide) groups is 1. The van der Waals surface area contributed by atoms with Gasteiger partial charge in [0.05, 0.1) is 0 Å². The number of hydrogen-bond donors (Lipinski definition) is 0. The van der Waals surface area contributed by atoms with Crippen molar-refractivity contribution >= 4 is 17.7 Å². The summed E-state index contributed by atoms with van der Waals surface area (Å²) in [6.07, 6.45) is 7.81. The molecule has 1 unspecified atom stereocenters. The van der Waals surface area contributed by atoms with Crippen LogP contribution in [0.4, 0.5) is 0 Å². The first-order valence-electron chi connectivity index (χ1n) is 4.24. The quantitative estimate of drug-likeness (QED) is 0.669. The Morgan fingerprint density at radius 2 is 2.42 bits per heavy atom. The largest absolute Gasteiger partial charge is 0.319 e. The van der Waals surface area contributed by atoms with E-state index in [1.807, 2.05) is 11.1 Å². The van der Waals surface area contributed by atoms with Crippen molar-refractivity contribution in [2.24, 2.45) is 0 Å². The molecule has 1 rings (SSSR count). The van der Waals surface area contributed by atoms with Gasteiger partial charge in [0, 0.05) is 24.4 Å². The lowest BCUT2D eigenvalue weighted by Gasteiger charge is -2.09. The molecular weight excluding hydrogens is 170 g/mol. The van der Waals surface area contributed by atoms with Gasteiger partial charge in [0.15, 0.2) is 0 Å². The van der Waals surface area contributed by atoms with Crippen molar-refractivity contribution in [2.75, 3.05) is 12.8 Å². The number of likely N-dealkylation sites (tertiary alicyclic amines) is 1. The molecule has 12 heavy (non-hydrogen) atoms. The molecule has 1 aliphatic heterocycles. The molecule has 0 N–H and O–H groups in total. The zero-order valence-electron chi connectivity index (χ0n) is 7.62. The van der Waals surface area contributed by atoms with Crippen LogP contribution < -0.4 is 0 Å². The van der Waals surface area contributed by atoms with Crippen LogP contribution in [0.2, 0.25) is 0 Å². The van der Waals surface area contributed by atoms with Crippen molar-refractivity contribution in [1.29, 1.82) is 0 Å². The van der Waals surface area contributed by atoms with E-state index >= 15 is 0 Å². The lowest BCUT2D eigenvalue weighted by molar-refractivity contribution is -0.125. The Bertz CT molecular complexity index is 191. The van der Waals surface area contributed by atoms with E-state index in [4.69, 9.17) is 0 Å². The van der Waals surface area contributed by atoms with Gasteiger partial charge in [0.1, 0.15) is 0 Å². The highest BCUT2D eigenvalue weighted by Crippen LogP contribution is 2.12. The van der Waals surface area contributed by atoms with Gasteiger partial charge in [-0.1, -0.05) is 6.08 Å². The fourth-order valence-corrected chi connectivity index (χ4v) is 1.36. The fraction of sp³-hybridized carbons (Fsp3) is 0.667. The highest BCUT2D eigenvalue weighted by atomic mass is 32.2. The molecule has 1 aliphatic rings. The first kappa shape index (κ1) is 9.65. The third-order valence-corrected chi connectivity index (χ3v) is 2.92. The molecule has 0 bridgehead atoms. The van der Waals surface area contributed by atoms with E-state index in [2.05, 4.69) is 19.3 Å². The smallest absolute Gasteiger partial charge is 0.226 e. The predicted molar refractivity (Wildman–Crippen MR) is 53.1 cm³/mol. The highest BCUT2D eigenvalue weighted by Gasteiger charge is 2.17. The van der Waals surface area contributed by atoms with E-state index in [1.54, 1.807) is 11.8 Å². The summed E-state index contributed by atoms with van der Waals surface area (Å²) in [6.45, 7) is 3.03. The van der Waals surface area contributed by atoms with Crippen LogP contribution in [0.1, 0.15) is 19.8 Å². The molecule has 0 aromatic carbocycles. The normalized spacial score (nSPS) is 20.8. The Balaban J connectivity index is 2.39. The molecule has 1 saturated heterocycles. The van der Waals surface area contributed by atoms with Gasteiger partial charge >= 0.3 is 0 Å². The Hall–Kier alpha value is -0.440. The minimum Gasteiger partial charge on any atom is -0.319 e. The van der Waals surface area contributed by atoms with Crippen LogP contribution in [-0.2, 0) is 4.79 Å². The molecule has 0 radical (unpaired) electrons. The number of nitrogens with zero attached hydrogens (tertiary/aromatic N) is 1. The average molecular weight is 185 g/mol. The Kier molecular flexibility index (Phi) is 3.66. The van der Waals surface area contributed by atoms with Gasteiger partial charge in [0.25, 0.3) is 0 Å². The minimum atomic E-state index is 0.263. The summed E-state index contributed by atoms with van der Waals surface area (Å²) in [5.41, 5.74) is 0. The maximum absolute atomic E-state index is 11.1. The van der Waals surface area contributed by atoms with Crippen molar-refractivity contribution in [3.8, 4) is 0 Å². The average Bonchev–Trinajstić information content (AvgIpc) is 2.47. The van der Waals surface area contributed by atoms with E-state index in [-0.39, 0.29) is 5.91 Å². The first-order chi connectivity index (χ1) is 5.74. The van der Waals surface area contributed by atoms with Crippen molar-refractivity contribution in [3.63, 3.8) is 0 Å². The van der Waals surface area contributed by atoms with E-state index in [0.29, 0.717) is 5.25 Å². The summed E-state index contributed by atoms with van der Waals surface area (Å²) < 4.78 is 0. The minimum absolute atomic E-state index is 0.263. The number of rotatable bonds is 3. The third-order valence-electron chi connectivity index (χ3n) is 2.02. The van der Waals surface area contributed by atoms with Gasteiger partial charge in [-0.3, -0.25) is 4.79 Å². The van der Waals surface area contributed by atoms with Crippen LogP contribution in [-0.4, -0.2) is 28.9 Å². The van der Waals surface area contributed by atoms with Gasteiger partial charge in [-0.25, -0.2) is 0 Å². The molecule has 2 nitrogen and oxygen atoms in total. The standard InChI is InChI=1S/C9H15NOS/c1-8(12-2)5-7-10-6-3-4-9(10)11/h5,7-8H,3-4,6H2,1-2H3/b7-5+. The van der Waals surface area contributed by atoms with Crippen LogP contribution in [0, 0.1) is 0 Å². The molecule has 0 aromatic heterocycles. The Labute approximate surface area is 78.0 Å². The van der Waals surface area contributed by atoms with E-state index in [0.717, 1.165) is 19.4 Å². The van der Waals surface area contributed by atoms with Gasteiger partial charge < -0.3 is 4.90 Å². The summed E-state index contributed by atoms with van der Waals surface area (Å²) in [4.78, 5) is 13.0. The first-order valence-corrected chi connectivity index (χ1v) is 5.53. The molecule has 68 valence electrons. The molecular formula is C9H15NOS. The number of amides is 1. The SMILES string of the molecule is CSC(C)/C=C/N1CCCC1=O. The molecule has 3 heteroatoms. The lowest BCUT2D eigenvalue weighted by Crippen LogP contribution is -2.17. The van der Waals surface area contributed by atoms with Crippen LogP contribution in [0.5, 0.6) is 0 Å². The van der Waals surface area contributed by atoms with Gasteiger partial charge in [-0.15, -0.1) is 0 Å². The molecule has 1 atom stereocenters. The summed E-state index contributed by atoms with van der Waals surface area (Å²) in [6, 6.07) is 0. The highest BCUT2D eigenvalue weighted by molar-refractivity contribution is 7.99. The molecule has 0 saturated carbocycles. The molecule has 1 fully saturated rings.